The summed E-state index contributed by atoms with van der Waals surface area (Å²) in [5.74, 6) is -2.81. The van der Waals surface area contributed by atoms with E-state index in [4.69, 9.17) is 10.5 Å². The zero-order valence-electron chi connectivity index (χ0n) is 12.5. The van der Waals surface area contributed by atoms with Crippen LogP contribution in [0.2, 0.25) is 0 Å². The highest BCUT2D eigenvalue weighted by molar-refractivity contribution is 5.86. The van der Waals surface area contributed by atoms with Gasteiger partial charge in [-0.15, -0.1) is 0 Å². The van der Waals surface area contributed by atoms with Gasteiger partial charge in [-0.05, 0) is 43.4 Å². The number of hydrogen-bond donors (Lipinski definition) is 2. The second kappa shape index (κ2) is 5.82. The minimum Gasteiger partial charge on any atom is -0.457 e. The first kappa shape index (κ1) is 18.9. The fraction of sp³-hybridized carbons (Fsp3) is 0.786. The Bertz CT molecular complexity index is 516. The quantitative estimate of drug-likeness (QED) is 0.459. The molecule has 4 unspecified atom stereocenters. The number of nitrogens with two attached hydrogens (primary N) is 1. The molecule has 0 aliphatic heterocycles. The van der Waals surface area contributed by atoms with Crippen molar-refractivity contribution in [2.75, 3.05) is 0 Å². The van der Waals surface area contributed by atoms with Gasteiger partial charge in [-0.25, -0.2) is 4.79 Å². The van der Waals surface area contributed by atoms with Gasteiger partial charge in [0.15, 0.2) is 0 Å². The summed E-state index contributed by atoms with van der Waals surface area (Å²) in [5, 5.41) is 9.34. The van der Waals surface area contributed by atoms with E-state index in [2.05, 4.69) is 6.58 Å². The number of hydrogen-bond acceptors (Lipinski definition) is 4. The van der Waals surface area contributed by atoms with Crippen LogP contribution >= 0.6 is 0 Å². The van der Waals surface area contributed by atoms with Crippen LogP contribution in [0, 0.1) is 17.8 Å². The summed E-state index contributed by atoms with van der Waals surface area (Å²) in [6, 6.07) is 0. The molecule has 0 aromatic rings. The molecule has 2 fully saturated rings. The standard InChI is InChI=1S/C14H17F6NO3/c1-6(21)11(22)24-10-4-7-2-8(9(10)3-7)5-12(23,13(15,16)17)14(18,19)20/h7-10,23H,1-5,21H2. The van der Waals surface area contributed by atoms with E-state index in [1.807, 2.05) is 0 Å². The fourth-order valence-electron chi connectivity index (χ4n) is 3.78. The molecule has 24 heavy (non-hydrogen) atoms. The maximum Gasteiger partial charge on any atom is 0.426 e. The summed E-state index contributed by atoms with van der Waals surface area (Å²) in [6.45, 7) is 3.17. The summed E-state index contributed by atoms with van der Waals surface area (Å²) in [6.07, 6.45) is -13.2. The number of fused-ring (bicyclic) bond motifs is 2. The SMILES string of the molecule is C=C(N)C(=O)OC1CC2CC(CC(O)(C(F)(F)F)C(F)(F)F)C1C2. The predicted molar refractivity (Wildman–Crippen MR) is 69.2 cm³/mol. The van der Waals surface area contributed by atoms with E-state index in [1.165, 1.54) is 0 Å². The number of carbonyl (C=O) groups is 1. The van der Waals surface area contributed by atoms with Crippen LogP contribution in [0.25, 0.3) is 0 Å². The topological polar surface area (TPSA) is 72.6 Å². The Labute approximate surface area is 133 Å². The van der Waals surface area contributed by atoms with Crippen molar-refractivity contribution in [2.24, 2.45) is 23.5 Å². The first-order chi connectivity index (χ1) is 10.8. The summed E-state index contributed by atoms with van der Waals surface area (Å²) in [4.78, 5) is 11.4. The van der Waals surface area contributed by atoms with E-state index in [-0.39, 0.29) is 12.3 Å². The molecule has 0 aromatic carbocycles. The molecule has 3 N–H and O–H groups in total. The Hall–Kier alpha value is -1.45. The molecule has 0 heterocycles. The van der Waals surface area contributed by atoms with Crippen LogP contribution in [0.1, 0.15) is 25.7 Å². The highest BCUT2D eigenvalue weighted by Gasteiger charge is 2.71. The Morgan fingerprint density at radius 1 is 1.12 bits per heavy atom. The maximum atomic E-state index is 12.8. The van der Waals surface area contributed by atoms with Crippen molar-refractivity contribution in [2.45, 2.75) is 49.7 Å². The van der Waals surface area contributed by atoms with Gasteiger partial charge in [0.1, 0.15) is 11.8 Å². The van der Waals surface area contributed by atoms with Gasteiger partial charge in [0, 0.05) is 0 Å². The number of aliphatic hydroxyl groups is 1. The van der Waals surface area contributed by atoms with Crippen molar-refractivity contribution in [1.29, 1.82) is 0 Å². The fourth-order valence-corrected chi connectivity index (χ4v) is 3.78. The van der Waals surface area contributed by atoms with Crippen molar-refractivity contribution in [3.63, 3.8) is 0 Å². The van der Waals surface area contributed by atoms with Gasteiger partial charge in [-0.1, -0.05) is 6.58 Å². The molecule has 2 bridgehead atoms. The van der Waals surface area contributed by atoms with Crippen LogP contribution in [0.5, 0.6) is 0 Å². The van der Waals surface area contributed by atoms with Crippen LogP contribution in [0.3, 0.4) is 0 Å². The molecule has 2 aliphatic carbocycles. The summed E-state index contributed by atoms with van der Waals surface area (Å²) in [5.41, 5.74) is -0.0126. The van der Waals surface area contributed by atoms with E-state index >= 15 is 0 Å². The highest BCUT2D eigenvalue weighted by Crippen LogP contribution is 2.56. The third kappa shape index (κ3) is 3.20. The number of halogens is 6. The molecular weight excluding hydrogens is 344 g/mol. The van der Waals surface area contributed by atoms with E-state index in [1.54, 1.807) is 0 Å². The van der Waals surface area contributed by atoms with Crippen LogP contribution in [-0.4, -0.2) is 35.1 Å². The third-order valence-electron chi connectivity index (χ3n) is 4.91. The molecule has 0 amide bonds. The zero-order valence-corrected chi connectivity index (χ0v) is 12.5. The van der Waals surface area contributed by atoms with Gasteiger partial charge in [-0.3, -0.25) is 0 Å². The van der Waals surface area contributed by atoms with Gasteiger partial charge in [-0.2, -0.15) is 26.3 Å². The highest BCUT2D eigenvalue weighted by atomic mass is 19.4. The van der Waals surface area contributed by atoms with E-state index in [0.717, 1.165) is 0 Å². The normalized spacial score (nSPS) is 30.5. The molecule has 4 nitrogen and oxygen atoms in total. The number of esters is 1. The second-order valence-electron chi connectivity index (χ2n) is 6.53. The minimum atomic E-state index is -5.84. The molecule has 138 valence electrons. The smallest absolute Gasteiger partial charge is 0.426 e. The van der Waals surface area contributed by atoms with E-state index < -0.39 is 54.0 Å². The lowest BCUT2D eigenvalue weighted by Gasteiger charge is -2.37. The van der Waals surface area contributed by atoms with Crippen molar-refractivity contribution >= 4 is 5.97 Å². The van der Waals surface area contributed by atoms with E-state index in [9.17, 15) is 36.2 Å². The Morgan fingerprint density at radius 2 is 1.67 bits per heavy atom. The van der Waals surface area contributed by atoms with Gasteiger partial charge in [0.05, 0.1) is 0 Å². The molecule has 0 saturated heterocycles. The van der Waals surface area contributed by atoms with Crippen molar-refractivity contribution < 1.29 is 41.0 Å². The van der Waals surface area contributed by atoms with E-state index in [0.29, 0.717) is 12.8 Å². The third-order valence-corrected chi connectivity index (χ3v) is 4.91. The lowest BCUT2D eigenvalue weighted by Crippen LogP contribution is -2.58. The van der Waals surface area contributed by atoms with Gasteiger partial charge < -0.3 is 15.6 Å². The molecule has 0 radical (unpaired) electrons. The Morgan fingerprint density at radius 3 is 2.08 bits per heavy atom. The lowest BCUT2D eigenvalue weighted by molar-refractivity contribution is -0.373. The second-order valence-corrected chi connectivity index (χ2v) is 6.53. The average Bonchev–Trinajstić information content (AvgIpc) is 2.94. The average molecular weight is 361 g/mol. The van der Waals surface area contributed by atoms with Crippen molar-refractivity contribution in [3.8, 4) is 0 Å². The summed E-state index contributed by atoms with van der Waals surface area (Å²) in [7, 11) is 0. The predicted octanol–water partition coefficient (Wildman–Crippen LogP) is 2.66. The molecule has 0 aromatic heterocycles. The number of rotatable bonds is 4. The van der Waals surface area contributed by atoms with Gasteiger partial charge >= 0.3 is 18.3 Å². The van der Waals surface area contributed by atoms with Crippen LogP contribution in [0.4, 0.5) is 26.3 Å². The van der Waals surface area contributed by atoms with Gasteiger partial charge in [0.2, 0.25) is 0 Å². The van der Waals surface area contributed by atoms with Crippen LogP contribution in [0.15, 0.2) is 12.3 Å². The number of carbonyl (C=O) groups excluding carboxylic acids is 1. The molecule has 2 rings (SSSR count). The Balaban J connectivity index is 2.15. The summed E-state index contributed by atoms with van der Waals surface area (Å²) < 4.78 is 82.0. The molecule has 0 spiro atoms. The molecule has 2 aliphatic rings. The monoisotopic (exact) mass is 361 g/mol. The zero-order chi connectivity index (χ0) is 18.5. The van der Waals surface area contributed by atoms with Crippen LogP contribution in [-0.2, 0) is 9.53 Å². The summed E-state index contributed by atoms with van der Waals surface area (Å²) >= 11 is 0. The first-order valence-electron chi connectivity index (χ1n) is 7.27. The largest absolute Gasteiger partial charge is 0.457 e. The minimum absolute atomic E-state index is 0.122. The molecule has 10 heteroatoms. The Kier molecular flexibility index (Phi) is 4.58. The van der Waals surface area contributed by atoms with Crippen LogP contribution < -0.4 is 5.73 Å². The first-order valence-corrected chi connectivity index (χ1v) is 7.27. The molecule has 2 saturated carbocycles. The van der Waals surface area contributed by atoms with Gasteiger partial charge in [0.25, 0.3) is 5.60 Å². The molecule has 4 atom stereocenters. The maximum absolute atomic E-state index is 12.8. The lowest BCUT2D eigenvalue weighted by atomic mass is 9.78. The number of ether oxygens (including phenoxy) is 1. The molecular formula is C14H17F6NO3. The van der Waals surface area contributed by atoms with Crippen molar-refractivity contribution in [3.05, 3.63) is 12.3 Å². The number of alkyl halides is 6. The van der Waals surface area contributed by atoms with Crippen molar-refractivity contribution in [1.82, 2.24) is 0 Å².